The molecule has 0 saturated carbocycles. The van der Waals surface area contributed by atoms with Crippen LogP contribution in [0.25, 0.3) is 33.6 Å². The van der Waals surface area contributed by atoms with Gasteiger partial charge in [0.05, 0.1) is 18.1 Å². The number of rotatable bonds is 10. The number of fused-ring (bicyclic) bond motifs is 1. The molecule has 5 rings (SSSR count). The third kappa shape index (κ3) is 5.36. The van der Waals surface area contributed by atoms with Gasteiger partial charge in [-0.3, -0.25) is 4.90 Å². The Labute approximate surface area is 223 Å². The van der Waals surface area contributed by atoms with Gasteiger partial charge in [0.1, 0.15) is 23.5 Å². The second-order valence-electron chi connectivity index (χ2n) is 9.42. The summed E-state index contributed by atoms with van der Waals surface area (Å²) in [6, 6.07) is 28.5. The molecule has 194 valence electrons. The maximum atomic E-state index is 6.50. The van der Waals surface area contributed by atoms with E-state index in [-0.39, 0.29) is 6.23 Å². The molecule has 0 amide bonds. The summed E-state index contributed by atoms with van der Waals surface area (Å²) in [6.45, 7) is 2.78. The Kier molecular flexibility index (Phi) is 7.61. The number of benzene rings is 3. The van der Waals surface area contributed by atoms with Gasteiger partial charge in [-0.1, -0.05) is 54.6 Å². The minimum Gasteiger partial charge on any atom is -0.497 e. The lowest BCUT2D eigenvalue weighted by atomic mass is 9.98. The standard InChI is InChI=1S/C32H33N3O3/c1-22(35(2)3)37-28-16-9-8-15-26(28)31-29(24-12-6-5-7-13-24)30-27(18-20-34-32(30)38-31)33-19-17-23-11-10-14-25(21-23)36-4/h5-16,18,20-22H,17,19H2,1-4H3,(H,33,34). The predicted octanol–water partition coefficient (Wildman–Crippen LogP) is 7.11. The number of nitrogens with one attached hydrogen (secondary N) is 1. The molecular formula is C32H33N3O3. The summed E-state index contributed by atoms with van der Waals surface area (Å²) in [5.74, 6) is 2.36. The molecule has 6 heteroatoms. The average molecular weight is 508 g/mol. The molecule has 1 atom stereocenters. The summed E-state index contributed by atoms with van der Waals surface area (Å²) in [5, 5.41) is 4.59. The van der Waals surface area contributed by atoms with E-state index in [9.17, 15) is 0 Å². The van der Waals surface area contributed by atoms with Gasteiger partial charge in [-0.05, 0) is 68.9 Å². The lowest BCUT2D eigenvalue weighted by molar-refractivity contribution is 0.0820. The van der Waals surface area contributed by atoms with Gasteiger partial charge >= 0.3 is 0 Å². The summed E-state index contributed by atoms with van der Waals surface area (Å²) in [6.07, 6.45) is 2.54. The van der Waals surface area contributed by atoms with E-state index >= 15 is 0 Å². The molecule has 1 unspecified atom stereocenters. The Morgan fingerprint density at radius 2 is 1.74 bits per heavy atom. The number of anilines is 1. The van der Waals surface area contributed by atoms with E-state index in [2.05, 4.69) is 34.6 Å². The topological polar surface area (TPSA) is 59.8 Å². The van der Waals surface area contributed by atoms with Gasteiger partial charge in [0.2, 0.25) is 5.71 Å². The maximum absolute atomic E-state index is 6.50. The highest BCUT2D eigenvalue weighted by molar-refractivity contribution is 6.07. The average Bonchev–Trinajstić information content (AvgIpc) is 3.34. The molecule has 0 bridgehead atoms. The van der Waals surface area contributed by atoms with Gasteiger partial charge < -0.3 is 19.2 Å². The number of methoxy groups -OCH3 is 1. The second kappa shape index (κ2) is 11.4. The zero-order valence-electron chi connectivity index (χ0n) is 22.3. The number of hydrogen-bond acceptors (Lipinski definition) is 6. The number of nitrogens with zero attached hydrogens (tertiary/aromatic N) is 2. The molecule has 2 aromatic heterocycles. The highest BCUT2D eigenvalue weighted by Crippen LogP contribution is 2.45. The van der Waals surface area contributed by atoms with Crippen molar-refractivity contribution in [2.24, 2.45) is 0 Å². The van der Waals surface area contributed by atoms with E-state index in [1.165, 1.54) is 5.56 Å². The number of hydrogen-bond donors (Lipinski definition) is 1. The number of para-hydroxylation sites is 1. The zero-order chi connectivity index (χ0) is 26.5. The van der Waals surface area contributed by atoms with Crippen LogP contribution in [0.1, 0.15) is 12.5 Å². The first-order valence-corrected chi connectivity index (χ1v) is 12.8. The van der Waals surface area contributed by atoms with Crippen LogP contribution in [-0.4, -0.2) is 43.9 Å². The third-order valence-corrected chi connectivity index (χ3v) is 6.67. The summed E-state index contributed by atoms with van der Waals surface area (Å²) in [4.78, 5) is 6.64. The van der Waals surface area contributed by atoms with Crippen molar-refractivity contribution in [1.82, 2.24) is 9.88 Å². The van der Waals surface area contributed by atoms with E-state index in [4.69, 9.17) is 13.9 Å². The SMILES string of the molecule is COc1cccc(CCNc2ccnc3oc(-c4ccccc4OC(C)N(C)C)c(-c4ccccc4)c23)c1. The first-order chi connectivity index (χ1) is 18.5. The van der Waals surface area contributed by atoms with Crippen molar-refractivity contribution in [3.05, 3.63) is 96.7 Å². The van der Waals surface area contributed by atoms with Crippen LogP contribution in [0, 0.1) is 0 Å². The van der Waals surface area contributed by atoms with Gasteiger partial charge in [-0.2, -0.15) is 0 Å². The van der Waals surface area contributed by atoms with E-state index in [1.54, 1.807) is 13.3 Å². The van der Waals surface area contributed by atoms with E-state index in [0.717, 1.165) is 58.0 Å². The van der Waals surface area contributed by atoms with Crippen molar-refractivity contribution in [3.8, 4) is 33.9 Å². The fraction of sp³-hybridized carbons (Fsp3) is 0.219. The van der Waals surface area contributed by atoms with Gasteiger partial charge in [0, 0.05) is 24.0 Å². The Morgan fingerprint density at radius 3 is 2.53 bits per heavy atom. The Morgan fingerprint density at radius 1 is 0.947 bits per heavy atom. The highest BCUT2D eigenvalue weighted by Gasteiger charge is 2.24. The monoisotopic (exact) mass is 507 g/mol. The molecule has 0 aliphatic rings. The molecular weight excluding hydrogens is 474 g/mol. The quantitative estimate of drug-likeness (QED) is 0.203. The number of furan rings is 1. The van der Waals surface area contributed by atoms with Crippen molar-refractivity contribution in [1.29, 1.82) is 0 Å². The van der Waals surface area contributed by atoms with Crippen LogP contribution < -0.4 is 14.8 Å². The molecule has 0 radical (unpaired) electrons. The van der Waals surface area contributed by atoms with Crippen molar-refractivity contribution in [2.75, 3.05) is 33.1 Å². The summed E-state index contributed by atoms with van der Waals surface area (Å²) in [7, 11) is 5.69. The number of pyridine rings is 1. The molecule has 0 aliphatic heterocycles. The van der Waals surface area contributed by atoms with Crippen molar-refractivity contribution < 1.29 is 13.9 Å². The van der Waals surface area contributed by atoms with E-state index in [1.807, 2.05) is 86.6 Å². The predicted molar refractivity (Wildman–Crippen MR) is 154 cm³/mol. The van der Waals surface area contributed by atoms with Crippen LogP contribution >= 0.6 is 0 Å². The van der Waals surface area contributed by atoms with Crippen molar-refractivity contribution >= 4 is 16.8 Å². The summed E-state index contributed by atoms with van der Waals surface area (Å²) < 4.78 is 18.2. The molecule has 1 N–H and O–H groups in total. The second-order valence-corrected chi connectivity index (χ2v) is 9.42. The van der Waals surface area contributed by atoms with Crippen LogP contribution in [0.4, 0.5) is 5.69 Å². The first-order valence-electron chi connectivity index (χ1n) is 12.8. The van der Waals surface area contributed by atoms with Gasteiger partial charge in [-0.15, -0.1) is 0 Å². The molecule has 2 heterocycles. The molecule has 6 nitrogen and oxygen atoms in total. The van der Waals surface area contributed by atoms with Crippen LogP contribution in [-0.2, 0) is 6.42 Å². The minimum absolute atomic E-state index is 0.104. The zero-order valence-corrected chi connectivity index (χ0v) is 22.3. The van der Waals surface area contributed by atoms with Crippen LogP contribution in [0.5, 0.6) is 11.5 Å². The fourth-order valence-electron chi connectivity index (χ4n) is 4.46. The molecule has 38 heavy (non-hydrogen) atoms. The lowest BCUT2D eigenvalue weighted by Crippen LogP contribution is -2.30. The van der Waals surface area contributed by atoms with Crippen molar-refractivity contribution in [2.45, 2.75) is 19.6 Å². The van der Waals surface area contributed by atoms with E-state index < -0.39 is 0 Å². The van der Waals surface area contributed by atoms with Crippen LogP contribution in [0.2, 0.25) is 0 Å². The summed E-state index contributed by atoms with van der Waals surface area (Å²) >= 11 is 0. The molecule has 0 saturated heterocycles. The normalized spacial score (nSPS) is 12.0. The van der Waals surface area contributed by atoms with Crippen LogP contribution in [0.3, 0.4) is 0 Å². The Bertz CT molecular complexity index is 1510. The van der Waals surface area contributed by atoms with Gasteiger partial charge in [-0.25, -0.2) is 4.98 Å². The van der Waals surface area contributed by atoms with Crippen molar-refractivity contribution in [3.63, 3.8) is 0 Å². The van der Waals surface area contributed by atoms with Gasteiger partial charge in [0.25, 0.3) is 0 Å². The maximum Gasteiger partial charge on any atom is 0.229 e. The first kappa shape index (κ1) is 25.4. The largest absolute Gasteiger partial charge is 0.497 e. The molecule has 0 aliphatic carbocycles. The number of aromatic nitrogens is 1. The fourth-order valence-corrected chi connectivity index (χ4v) is 4.46. The Hall–Kier alpha value is -4.29. The molecule has 5 aromatic rings. The lowest BCUT2D eigenvalue weighted by Gasteiger charge is -2.22. The molecule has 3 aromatic carbocycles. The minimum atomic E-state index is -0.104. The van der Waals surface area contributed by atoms with Crippen LogP contribution in [0.15, 0.2) is 95.5 Å². The Balaban J connectivity index is 1.57. The number of ether oxygens (including phenoxy) is 2. The smallest absolute Gasteiger partial charge is 0.229 e. The van der Waals surface area contributed by atoms with Gasteiger partial charge in [0.15, 0.2) is 0 Å². The molecule has 0 spiro atoms. The van der Waals surface area contributed by atoms with E-state index in [0.29, 0.717) is 5.71 Å². The summed E-state index contributed by atoms with van der Waals surface area (Å²) in [5.41, 5.74) is 5.71. The highest BCUT2D eigenvalue weighted by atomic mass is 16.5. The molecule has 0 fully saturated rings. The third-order valence-electron chi connectivity index (χ3n) is 6.67.